The summed E-state index contributed by atoms with van der Waals surface area (Å²) in [7, 11) is 0. The molecule has 0 aliphatic heterocycles. The number of carbonyl (C=O) groups excluding carboxylic acids is 2. The molecule has 2 rings (SSSR count). The molecule has 17 heavy (non-hydrogen) atoms. The fourth-order valence-electron chi connectivity index (χ4n) is 1.45. The predicted octanol–water partition coefficient (Wildman–Crippen LogP) is 2.16. The smallest absolute Gasteiger partial charge is 0.159 e. The Morgan fingerprint density at radius 2 is 1.76 bits per heavy atom. The summed E-state index contributed by atoms with van der Waals surface area (Å²) < 4.78 is 0. The van der Waals surface area contributed by atoms with E-state index >= 15 is 0 Å². The van der Waals surface area contributed by atoms with Crippen molar-refractivity contribution in [3.05, 3.63) is 47.8 Å². The van der Waals surface area contributed by atoms with Crippen LogP contribution in [0.4, 0.5) is 0 Å². The maximum atomic E-state index is 11.2. The lowest BCUT2D eigenvalue weighted by Crippen LogP contribution is -1.95. The molecule has 0 aromatic carbocycles. The molecule has 0 amide bonds. The average Bonchev–Trinajstić information content (AvgIpc) is 2.39. The van der Waals surface area contributed by atoms with Gasteiger partial charge < -0.3 is 0 Å². The molecule has 0 saturated carbocycles. The highest BCUT2D eigenvalue weighted by molar-refractivity contribution is 5.94. The van der Waals surface area contributed by atoms with Crippen molar-refractivity contribution in [3.8, 4) is 11.4 Å². The molecule has 2 aromatic heterocycles. The minimum atomic E-state index is -0.0276. The molecule has 0 spiro atoms. The summed E-state index contributed by atoms with van der Waals surface area (Å²) in [5.74, 6) is -0.0276. The van der Waals surface area contributed by atoms with Gasteiger partial charge in [-0.25, -0.2) is 0 Å². The number of aldehydes is 1. The number of Topliss-reactive ketones (excluding diaryl/α,β-unsaturated/α-hetero) is 1. The largest absolute Gasteiger partial charge is 0.298 e. The summed E-state index contributed by atoms with van der Waals surface area (Å²) in [5, 5.41) is 0. The molecule has 2 aromatic rings. The van der Waals surface area contributed by atoms with Crippen molar-refractivity contribution in [3.63, 3.8) is 0 Å². The van der Waals surface area contributed by atoms with Crippen LogP contribution in [0.15, 0.2) is 36.7 Å². The van der Waals surface area contributed by atoms with Gasteiger partial charge in [0.1, 0.15) is 6.29 Å². The van der Waals surface area contributed by atoms with Crippen molar-refractivity contribution in [1.29, 1.82) is 0 Å². The van der Waals surface area contributed by atoms with Gasteiger partial charge in [-0.1, -0.05) is 0 Å². The van der Waals surface area contributed by atoms with Gasteiger partial charge in [0.2, 0.25) is 0 Å². The van der Waals surface area contributed by atoms with E-state index in [1.54, 1.807) is 36.7 Å². The second kappa shape index (κ2) is 4.65. The van der Waals surface area contributed by atoms with Crippen molar-refractivity contribution in [2.75, 3.05) is 0 Å². The minimum Gasteiger partial charge on any atom is -0.298 e. The monoisotopic (exact) mass is 226 g/mol. The van der Waals surface area contributed by atoms with E-state index in [2.05, 4.69) is 9.97 Å². The molecule has 0 aliphatic carbocycles. The van der Waals surface area contributed by atoms with Gasteiger partial charge in [-0.3, -0.25) is 19.6 Å². The fourth-order valence-corrected chi connectivity index (χ4v) is 1.45. The molecule has 0 radical (unpaired) electrons. The van der Waals surface area contributed by atoms with Crippen LogP contribution in [-0.2, 0) is 0 Å². The van der Waals surface area contributed by atoms with Crippen LogP contribution in [0.3, 0.4) is 0 Å². The molecule has 4 heteroatoms. The third-order valence-electron chi connectivity index (χ3n) is 2.35. The standard InChI is InChI=1S/C13H10N2O2/c1-9(17)11-3-5-15-13(7-11)12-6-10(8-16)2-4-14-12/h2-8H,1H3. The molecule has 2 heterocycles. The number of hydrogen-bond donors (Lipinski definition) is 0. The average molecular weight is 226 g/mol. The molecule has 0 N–H and O–H groups in total. The van der Waals surface area contributed by atoms with E-state index in [1.807, 2.05) is 0 Å². The SMILES string of the molecule is CC(=O)c1ccnc(-c2cc(C=O)ccn2)c1. The number of carbonyl (C=O) groups is 2. The predicted molar refractivity (Wildman–Crippen MR) is 62.9 cm³/mol. The Morgan fingerprint density at radius 1 is 1.12 bits per heavy atom. The van der Waals surface area contributed by atoms with E-state index in [9.17, 15) is 9.59 Å². The summed E-state index contributed by atoms with van der Waals surface area (Å²) in [6, 6.07) is 6.57. The van der Waals surface area contributed by atoms with Crippen LogP contribution in [0.2, 0.25) is 0 Å². The van der Waals surface area contributed by atoms with Crippen molar-refractivity contribution < 1.29 is 9.59 Å². The van der Waals surface area contributed by atoms with E-state index < -0.39 is 0 Å². The Morgan fingerprint density at radius 3 is 2.41 bits per heavy atom. The van der Waals surface area contributed by atoms with Crippen molar-refractivity contribution >= 4 is 12.1 Å². The lowest BCUT2D eigenvalue weighted by atomic mass is 10.1. The second-order valence-corrected chi connectivity index (χ2v) is 3.58. The maximum Gasteiger partial charge on any atom is 0.159 e. The Labute approximate surface area is 98.3 Å². The number of aromatic nitrogens is 2. The Bertz CT molecular complexity index is 579. The lowest BCUT2D eigenvalue weighted by Gasteiger charge is -2.02. The zero-order valence-corrected chi connectivity index (χ0v) is 9.25. The molecule has 84 valence electrons. The topological polar surface area (TPSA) is 59.9 Å². The van der Waals surface area contributed by atoms with Gasteiger partial charge in [0.15, 0.2) is 5.78 Å². The first kappa shape index (κ1) is 11.1. The quantitative estimate of drug-likeness (QED) is 0.594. The van der Waals surface area contributed by atoms with E-state index in [0.717, 1.165) is 6.29 Å². The number of ketones is 1. The number of nitrogens with zero attached hydrogens (tertiary/aromatic N) is 2. The van der Waals surface area contributed by atoms with Gasteiger partial charge in [-0.05, 0) is 31.2 Å². The fraction of sp³-hybridized carbons (Fsp3) is 0.0769. The summed E-state index contributed by atoms with van der Waals surface area (Å²) in [6.07, 6.45) is 3.85. The number of pyridine rings is 2. The first-order valence-electron chi connectivity index (χ1n) is 5.09. The van der Waals surface area contributed by atoms with E-state index in [0.29, 0.717) is 22.5 Å². The van der Waals surface area contributed by atoms with Crippen LogP contribution in [-0.4, -0.2) is 22.0 Å². The van der Waals surface area contributed by atoms with Crippen LogP contribution in [0.25, 0.3) is 11.4 Å². The highest BCUT2D eigenvalue weighted by Crippen LogP contribution is 2.16. The molecular weight excluding hydrogens is 216 g/mol. The molecule has 4 nitrogen and oxygen atoms in total. The van der Waals surface area contributed by atoms with Gasteiger partial charge in [0.25, 0.3) is 0 Å². The van der Waals surface area contributed by atoms with E-state index in [1.165, 1.54) is 6.92 Å². The van der Waals surface area contributed by atoms with Crippen LogP contribution < -0.4 is 0 Å². The second-order valence-electron chi connectivity index (χ2n) is 3.58. The van der Waals surface area contributed by atoms with Gasteiger partial charge >= 0.3 is 0 Å². The van der Waals surface area contributed by atoms with Crippen LogP contribution >= 0.6 is 0 Å². The van der Waals surface area contributed by atoms with Crippen molar-refractivity contribution in [2.45, 2.75) is 6.92 Å². The summed E-state index contributed by atoms with van der Waals surface area (Å²) in [5.41, 5.74) is 2.28. The van der Waals surface area contributed by atoms with Gasteiger partial charge in [0, 0.05) is 23.5 Å². The molecule has 0 aliphatic rings. The first-order chi connectivity index (χ1) is 8.20. The molecule has 0 fully saturated rings. The Kier molecular flexibility index (Phi) is 3.05. The molecule has 0 unspecified atom stereocenters. The summed E-state index contributed by atoms with van der Waals surface area (Å²) >= 11 is 0. The number of hydrogen-bond acceptors (Lipinski definition) is 4. The molecule has 0 bridgehead atoms. The maximum absolute atomic E-state index is 11.2. The third kappa shape index (κ3) is 2.42. The molecule has 0 atom stereocenters. The van der Waals surface area contributed by atoms with Gasteiger partial charge in [-0.15, -0.1) is 0 Å². The van der Waals surface area contributed by atoms with Crippen molar-refractivity contribution in [1.82, 2.24) is 9.97 Å². The Balaban J connectivity index is 2.48. The summed E-state index contributed by atoms with van der Waals surface area (Å²) in [6.45, 7) is 1.49. The number of rotatable bonds is 3. The highest BCUT2D eigenvalue weighted by atomic mass is 16.1. The highest BCUT2D eigenvalue weighted by Gasteiger charge is 2.05. The van der Waals surface area contributed by atoms with Gasteiger partial charge in [0.05, 0.1) is 11.4 Å². The Hall–Kier alpha value is -2.36. The third-order valence-corrected chi connectivity index (χ3v) is 2.35. The van der Waals surface area contributed by atoms with Crippen LogP contribution in [0, 0.1) is 0 Å². The first-order valence-corrected chi connectivity index (χ1v) is 5.09. The zero-order valence-electron chi connectivity index (χ0n) is 9.25. The normalized spacial score (nSPS) is 9.94. The zero-order chi connectivity index (χ0) is 12.3. The molecular formula is C13H10N2O2. The summed E-state index contributed by atoms with van der Waals surface area (Å²) in [4.78, 5) is 30.2. The molecule has 0 saturated heterocycles. The van der Waals surface area contributed by atoms with E-state index in [-0.39, 0.29) is 5.78 Å². The van der Waals surface area contributed by atoms with Crippen LogP contribution in [0.5, 0.6) is 0 Å². The van der Waals surface area contributed by atoms with Crippen molar-refractivity contribution in [2.24, 2.45) is 0 Å². The van der Waals surface area contributed by atoms with E-state index in [4.69, 9.17) is 0 Å². The minimum absolute atomic E-state index is 0.0276. The van der Waals surface area contributed by atoms with Crippen LogP contribution in [0.1, 0.15) is 27.6 Å². The van der Waals surface area contributed by atoms with Gasteiger partial charge in [-0.2, -0.15) is 0 Å². The lowest BCUT2D eigenvalue weighted by molar-refractivity contribution is 0.101.